The SMILES string of the molecule is N#Cc1c[nH]n2c(=O)cc(-c3ccc(OCCNC(=O)CCOCCOc4cccc5c4C(=O)N(C4CCC(=O)NC4=O)C5=O)cc3)nc12. The lowest BCUT2D eigenvalue weighted by Crippen LogP contribution is -2.54. The van der Waals surface area contributed by atoms with Crippen molar-refractivity contribution in [1.82, 2.24) is 30.1 Å². The van der Waals surface area contributed by atoms with Crippen molar-refractivity contribution in [1.29, 1.82) is 5.26 Å². The summed E-state index contributed by atoms with van der Waals surface area (Å²) in [6, 6.07) is 13.8. The molecule has 6 rings (SSSR count). The summed E-state index contributed by atoms with van der Waals surface area (Å²) >= 11 is 0. The summed E-state index contributed by atoms with van der Waals surface area (Å²) in [5.74, 6) is -1.96. The summed E-state index contributed by atoms with van der Waals surface area (Å²) in [5, 5.41) is 16.8. The summed E-state index contributed by atoms with van der Waals surface area (Å²) in [7, 11) is 0. The number of ether oxygens (including phenoxy) is 3. The Hall–Kier alpha value is -6.34. The fourth-order valence-corrected chi connectivity index (χ4v) is 5.46. The molecule has 0 spiro atoms. The lowest BCUT2D eigenvalue weighted by molar-refractivity contribution is -0.136. The van der Waals surface area contributed by atoms with Crippen molar-refractivity contribution < 1.29 is 38.2 Å². The predicted octanol–water partition coefficient (Wildman–Crippen LogP) is 0.943. The minimum Gasteiger partial charge on any atom is -0.492 e. The average molecular weight is 668 g/mol. The van der Waals surface area contributed by atoms with Crippen molar-refractivity contribution >= 4 is 35.2 Å². The number of nitriles is 1. The van der Waals surface area contributed by atoms with Crippen LogP contribution in [0.1, 0.15) is 45.5 Å². The first-order valence-electron chi connectivity index (χ1n) is 15.3. The number of nitrogens with one attached hydrogen (secondary N) is 3. The largest absolute Gasteiger partial charge is 0.492 e. The second-order valence-electron chi connectivity index (χ2n) is 11.0. The number of benzene rings is 2. The van der Waals surface area contributed by atoms with Crippen molar-refractivity contribution in [2.24, 2.45) is 0 Å². The molecule has 4 aromatic rings. The third kappa shape index (κ3) is 6.87. The van der Waals surface area contributed by atoms with E-state index in [4.69, 9.17) is 14.2 Å². The molecule has 2 aromatic heterocycles. The summed E-state index contributed by atoms with van der Waals surface area (Å²) in [6.45, 7) is 0.735. The highest BCUT2D eigenvalue weighted by Gasteiger charge is 2.46. The van der Waals surface area contributed by atoms with Crippen LogP contribution in [0.5, 0.6) is 11.5 Å². The third-order valence-corrected chi connectivity index (χ3v) is 7.85. The van der Waals surface area contributed by atoms with E-state index in [1.165, 1.54) is 28.9 Å². The van der Waals surface area contributed by atoms with Crippen LogP contribution >= 0.6 is 0 Å². The highest BCUT2D eigenvalue weighted by molar-refractivity contribution is 6.24. The Morgan fingerprint density at radius 1 is 1.00 bits per heavy atom. The van der Waals surface area contributed by atoms with Crippen molar-refractivity contribution in [2.75, 3.05) is 33.0 Å². The molecule has 3 N–H and O–H groups in total. The van der Waals surface area contributed by atoms with Crippen LogP contribution in [0.25, 0.3) is 16.9 Å². The normalized spacial score (nSPS) is 15.6. The van der Waals surface area contributed by atoms with E-state index in [2.05, 4.69) is 20.7 Å². The maximum Gasteiger partial charge on any atom is 0.273 e. The van der Waals surface area contributed by atoms with Crippen molar-refractivity contribution in [3.05, 3.63) is 81.8 Å². The standard InChI is InChI=1S/C33H29N7O9/c34-17-20-18-36-40-28(43)16-23(37-30(20)40)19-4-6-21(7-5-19)48-13-11-35-26(41)10-12-47-14-15-49-25-3-1-2-22-29(25)33(46)39(32(22)45)24-8-9-27(42)38-31(24)44/h1-7,16,18,24,36H,8-15H2,(H,35,41)(H,38,42,44). The van der Waals surface area contributed by atoms with E-state index in [1.54, 1.807) is 30.3 Å². The molecule has 1 fully saturated rings. The fraction of sp³-hybridized carbons (Fsp3) is 0.273. The number of nitrogens with zero attached hydrogens (tertiary/aromatic N) is 4. The Morgan fingerprint density at radius 2 is 1.82 bits per heavy atom. The molecule has 2 aliphatic rings. The van der Waals surface area contributed by atoms with E-state index in [1.807, 2.05) is 6.07 Å². The van der Waals surface area contributed by atoms with Crippen LogP contribution < -0.4 is 25.7 Å². The van der Waals surface area contributed by atoms with Gasteiger partial charge in [-0.1, -0.05) is 6.07 Å². The Morgan fingerprint density at radius 3 is 2.59 bits per heavy atom. The van der Waals surface area contributed by atoms with Crippen LogP contribution in [0.4, 0.5) is 0 Å². The van der Waals surface area contributed by atoms with Crippen LogP contribution in [0, 0.1) is 11.3 Å². The molecular formula is C33H29N7O9. The van der Waals surface area contributed by atoms with E-state index < -0.39 is 29.7 Å². The molecule has 1 atom stereocenters. The minimum atomic E-state index is -1.07. The lowest BCUT2D eigenvalue weighted by Gasteiger charge is -2.27. The van der Waals surface area contributed by atoms with Gasteiger partial charge < -0.3 is 19.5 Å². The molecular weight excluding hydrogens is 638 g/mol. The summed E-state index contributed by atoms with van der Waals surface area (Å²) in [4.78, 5) is 79.7. The number of aromatic nitrogens is 3. The summed E-state index contributed by atoms with van der Waals surface area (Å²) in [5.41, 5.74) is 1.41. The van der Waals surface area contributed by atoms with Gasteiger partial charge in [0.1, 0.15) is 42.4 Å². The van der Waals surface area contributed by atoms with Crippen molar-refractivity contribution in [2.45, 2.75) is 25.3 Å². The molecule has 4 heterocycles. The third-order valence-electron chi connectivity index (χ3n) is 7.85. The molecule has 1 unspecified atom stereocenters. The number of carbonyl (C=O) groups excluding carboxylic acids is 5. The smallest absolute Gasteiger partial charge is 0.273 e. The topological polar surface area (TPSA) is 214 Å². The van der Waals surface area contributed by atoms with Gasteiger partial charge in [-0.15, -0.1) is 0 Å². The van der Waals surface area contributed by atoms with Gasteiger partial charge in [-0.3, -0.25) is 44.1 Å². The van der Waals surface area contributed by atoms with Crippen LogP contribution in [-0.2, 0) is 19.1 Å². The Balaban J connectivity index is 0.888. The summed E-state index contributed by atoms with van der Waals surface area (Å²) < 4.78 is 18.1. The number of rotatable bonds is 13. The van der Waals surface area contributed by atoms with E-state index in [0.717, 1.165) is 4.90 Å². The second kappa shape index (κ2) is 14.2. The number of carbonyl (C=O) groups is 5. The predicted molar refractivity (Wildman–Crippen MR) is 169 cm³/mol. The highest BCUT2D eigenvalue weighted by Crippen LogP contribution is 2.33. The second-order valence-corrected chi connectivity index (χ2v) is 11.0. The van der Waals surface area contributed by atoms with Gasteiger partial charge in [0.2, 0.25) is 17.7 Å². The molecule has 1 saturated heterocycles. The number of H-pyrrole nitrogens is 1. The summed E-state index contributed by atoms with van der Waals surface area (Å²) in [6.07, 6.45) is 1.59. The van der Waals surface area contributed by atoms with Gasteiger partial charge in [-0.2, -0.15) is 5.26 Å². The maximum absolute atomic E-state index is 13.1. The molecule has 2 aromatic carbocycles. The Labute approximate surface area is 277 Å². The van der Waals surface area contributed by atoms with E-state index in [-0.39, 0.29) is 91.8 Å². The van der Waals surface area contributed by atoms with Crippen LogP contribution in [0.2, 0.25) is 0 Å². The van der Waals surface area contributed by atoms with Gasteiger partial charge in [0.15, 0.2) is 5.65 Å². The van der Waals surface area contributed by atoms with E-state index >= 15 is 0 Å². The zero-order valence-electron chi connectivity index (χ0n) is 25.9. The zero-order chi connectivity index (χ0) is 34.5. The first-order chi connectivity index (χ1) is 23.7. The molecule has 16 heteroatoms. The average Bonchev–Trinajstić information content (AvgIpc) is 3.63. The highest BCUT2D eigenvalue weighted by atomic mass is 16.5. The van der Waals surface area contributed by atoms with Crippen LogP contribution in [0.15, 0.2) is 59.5 Å². The number of hydrogen-bond acceptors (Lipinski definition) is 11. The number of hydrogen-bond donors (Lipinski definition) is 3. The van der Waals surface area contributed by atoms with Gasteiger partial charge in [0.05, 0.1) is 36.6 Å². The molecule has 0 aliphatic carbocycles. The zero-order valence-corrected chi connectivity index (χ0v) is 25.9. The fourth-order valence-electron chi connectivity index (χ4n) is 5.46. The van der Waals surface area contributed by atoms with E-state index in [0.29, 0.717) is 17.0 Å². The molecule has 16 nitrogen and oxygen atoms in total. The number of amides is 5. The number of imide groups is 2. The molecule has 0 bridgehead atoms. The van der Waals surface area contributed by atoms with Gasteiger partial charge in [0, 0.05) is 30.7 Å². The molecule has 49 heavy (non-hydrogen) atoms. The first kappa shape index (κ1) is 32.6. The monoisotopic (exact) mass is 667 g/mol. The maximum atomic E-state index is 13.1. The first-order valence-corrected chi connectivity index (χ1v) is 15.3. The van der Waals surface area contributed by atoms with Crippen molar-refractivity contribution in [3.8, 4) is 28.8 Å². The molecule has 0 saturated carbocycles. The van der Waals surface area contributed by atoms with E-state index in [9.17, 15) is 34.0 Å². The van der Waals surface area contributed by atoms with Gasteiger partial charge in [-0.25, -0.2) is 9.50 Å². The molecule has 5 amide bonds. The molecule has 0 radical (unpaired) electrons. The van der Waals surface area contributed by atoms with Crippen LogP contribution in [0.3, 0.4) is 0 Å². The lowest BCUT2D eigenvalue weighted by atomic mass is 10.0. The van der Waals surface area contributed by atoms with Crippen molar-refractivity contribution in [3.63, 3.8) is 0 Å². The molecule has 2 aliphatic heterocycles. The Bertz CT molecular complexity index is 2060. The number of fused-ring (bicyclic) bond motifs is 2. The minimum absolute atomic E-state index is 0.0237. The Kier molecular flexibility index (Phi) is 9.44. The number of aromatic amines is 1. The quantitative estimate of drug-likeness (QED) is 0.135. The van der Waals surface area contributed by atoms with Crippen LogP contribution in [-0.4, -0.2) is 88.0 Å². The van der Waals surface area contributed by atoms with Gasteiger partial charge >= 0.3 is 0 Å². The van der Waals surface area contributed by atoms with Gasteiger partial charge in [0.25, 0.3) is 17.4 Å². The molecule has 250 valence electrons. The van der Waals surface area contributed by atoms with Gasteiger partial charge in [-0.05, 0) is 42.8 Å². The number of piperidine rings is 1.